The molecule has 1 saturated heterocycles. The zero-order chi connectivity index (χ0) is 24.1. The van der Waals surface area contributed by atoms with Crippen LogP contribution in [0, 0.1) is 5.82 Å². The average Bonchev–Trinajstić information content (AvgIpc) is 2.78. The Balaban J connectivity index is 1.55. The van der Waals surface area contributed by atoms with Crippen molar-refractivity contribution in [3.8, 4) is 0 Å². The average molecular weight is 498 g/mol. The fraction of sp³-hybridized carbons (Fsp3) is 0.409. The van der Waals surface area contributed by atoms with Crippen molar-refractivity contribution in [2.24, 2.45) is 0 Å². The molecule has 0 spiro atoms. The minimum Gasteiger partial charge on any atom is -0.326 e. The number of sulfonamides is 2. The van der Waals surface area contributed by atoms with E-state index in [0.717, 1.165) is 29.8 Å². The third kappa shape index (κ3) is 6.75. The lowest BCUT2D eigenvalue weighted by atomic mass is 10.2. The van der Waals surface area contributed by atoms with E-state index in [2.05, 4.69) is 5.32 Å². The molecule has 2 aromatic rings. The Morgan fingerprint density at radius 3 is 2.15 bits per heavy atom. The molecule has 0 atom stereocenters. The maximum absolute atomic E-state index is 13.1. The summed E-state index contributed by atoms with van der Waals surface area (Å²) in [5.74, 6) is -0.796. The summed E-state index contributed by atoms with van der Waals surface area (Å²) in [7, 11) is -7.14. The number of hydrogen-bond donors (Lipinski definition) is 1. The maximum Gasteiger partial charge on any atom is 0.243 e. The Morgan fingerprint density at radius 2 is 1.58 bits per heavy atom. The van der Waals surface area contributed by atoms with Crippen LogP contribution in [-0.4, -0.2) is 52.9 Å². The van der Waals surface area contributed by atoms with Gasteiger partial charge in [-0.15, -0.1) is 0 Å². The number of carbonyl (C=O) groups is 1. The number of hydrogen-bond acceptors (Lipinski definition) is 5. The molecule has 1 amide bonds. The Hall–Kier alpha value is -2.50. The number of carbonyl (C=O) groups excluding carboxylic acids is 1. The van der Waals surface area contributed by atoms with Crippen LogP contribution in [0.4, 0.5) is 15.8 Å². The van der Waals surface area contributed by atoms with E-state index < -0.39 is 25.9 Å². The summed E-state index contributed by atoms with van der Waals surface area (Å²) in [6, 6.07) is 11.1. The third-order valence-corrected chi connectivity index (χ3v) is 8.48. The molecule has 180 valence electrons. The zero-order valence-electron chi connectivity index (χ0n) is 18.4. The fourth-order valence-corrected chi connectivity index (χ4v) is 6.15. The molecule has 1 heterocycles. The van der Waals surface area contributed by atoms with Crippen LogP contribution in [0.15, 0.2) is 53.4 Å². The van der Waals surface area contributed by atoms with Crippen LogP contribution < -0.4 is 9.62 Å². The summed E-state index contributed by atoms with van der Waals surface area (Å²) in [4.78, 5) is 12.5. The van der Waals surface area contributed by atoms with Gasteiger partial charge in [0.2, 0.25) is 26.0 Å². The van der Waals surface area contributed by atoms with Gasteiger partial charge in [-0.25, -0.2) is 21.2 Å². The normalized spacial score (nSPS) is 15.2. The number of piperidine rings is 1. The Labute approximate surface area is 194 Å². The van der Waals surface area contributed by atoms with E-state index in [1.54, 1.807) is 0 Å². The van der Waals surface area contributed by atoms with E-state index in [9.17, 15) is 26.0 Å². The van der Waals surface area contributed by atoms with Crippen LogP contribution in [0.2, 0.25) is 0 Å². The molecule has 33 heavy (non-hydrogen) atoms. The number of nitrogens with one attached hydrogen (secondary N) is 1. The summed E-state index contributed by atoms with van der Waals surface area (Å²) >= 11 is 0. The second kappa shape index (κ2) is 10.6. The van der Waals surface area contributed by atoms with Gasteiger partial charge in [0.25, 0.3) is 0 Å². The molecule has 2 aromatic carbocycles. The van der Waals surface area contributed by atoms with Crippen LogP contribution >= 0.6 is 0 Å². The van der Waals surface area contributed by atoms with E-state index in [1.165, 1.54) is 52.8 Å². The van der Waals surface area contributed by atoms with Gasteiger partial charge in [-0.05, 0) is 67.8 Å². The molecule has 3 rings (SSSR count). The van der Waals surface area contributed by atoms with Crippen LogP contribution in [0.3, 0.4) is 0 Å². The lowest BCUT2D eigenvalue weighted by molar-refractivity contribution is -0.116. The van der Waals surface area contributed by atoms with Gasteiger partial charge in [-0.3, -0.25) is 9.10 Å². The molecule has 8 nitrogen and oxygen atoms in total. The molecule has 1 fully saturated rings. The highest BCUT2D eigenvalue weighted by atomic mass is 32.2. The topological polar surface area (TPSA) is 104 Å². The highest BCUT2D eigenvalue weighted by Crippen LogP contribution is 2.22. The summed E-state index contributed by atoms with van der Waals surface area (Å²) in [6.07, 6.45) is 4.09. The molecule has 0 unspecified atom stereocenters. The molecule has 1 aliphatic heterocycles. The van der Waals surface area contributed by atoms with Crippen molar-refractivity contribution in [2.75, 3.05) is 35.5 Å². The highest BCUT2D eigenvalue weighted by Gasteiger charge is 2.25. The summed E-state index contributed by atoms with van der Waals surface area (Å²) < 4.78 is 65.3. The van der Waals surface area contributed by atoms with Gasteiger partial charge in [-0.2, -0.15) is 4.31 Å². The van der Waals surface area contributed by atoms with Gasteiger partial charge in [-0.1, -0.05) is 6.42 Å². The van der Waals surface area contributed by atoms with E-state index in [0.29, 0.717) is 24.5 Å². The summed E-state index contributed by atoms with van der Waals surface area (Å²) in [5, 5.41) is 2.69. The van der Waals surface area contributed by atoms with E-state index in [-0.39, 0.29) is 30.2 Å². The standard InChI is InChI=1S/C22H28FN3O5S2/c1-32(28,29)26(20-11-7-18(23)8-12-20)17-5-6-22(27)24-19-9-13-21(14-10-19)33(30,31)25-15-3-2-4-16-25/h7-14H,2-6,15-17H2,1H3,(H,24,27). The van der Waals surface area contributed by atoms with Crippen LogP contribution in [-0.2, 0) is 24.8 Å². The SMILES string of the molecule is CS(=O)(=O)N(CCCC(=O)Nc1ccc(S(=O)(=O)N2CCCCC2)cc1)c1ccc(F)cc1. The molecule has 1 N–H and O–H groups in total. The van der Waals surface area contributed by atoms with Crippen molar-refractivity contribution < 1.29 is 26.0 Å². The molecule has 0 saturated carbocycles. The largest absolute Gasteiger partial charge is 0.326 e. The van der Waals surface area contributed by atoms with E-state index in [4.69, 9.17) is 0 Å². The second-order valence-corrected chi connectivity index (χ2v) is 11.8. The summed E-state index contributed by atoms with van der Waals surface area (Å²) in [5.41, 5.74) is 0.779. The van der Waals surface area contributed by atoms with Gasteiger partial charge in [0, 0.05) is 31.7 Å². The monoisotopic (exact) mass is 497 g/mol. The molecular weight excluding hydrogens is 469 g/mol. The Morgan fingerprint density at radius 1 is 0.970 bits per heavy atom. The number of halogens is 1. The van der Waals surface area contributed by atoms with Crippen molar-refractivity contribution in [3.63, 3.8) is 0 Å². The Kier molecular flexibility index (Phi) is 8.09. The van der Waals surface area contributed by atoms with Crippen molar-refractivity contribution in [2.45, 2.75) is 37.0 Å². The first-order valence-electron chi connectivity index (χ1n) is 10.7. The molecular formula is C22H28FN3O5S2. The number of amides is 1. The number of anilines is 2. The molecule has 0 radical (unpaired) electrons. The first-order chi connectivity index (χ1) is 15.6. The highest BCUT2D eigenvalue weighted by molar-refractivity contribution is 7.92. The van der Waals surface area contributed by atoms with Gasteiger partial charge in [0.05, 0.1) is 16.8 Å². The lowest BCUT2D eigenvalue weighted by Crippen LogP contribution is -2.35. The predicted molar refractivity (Wildman–Crippen MR) is 126 cm³/mol. The minimum absolute atomic E-state index is 0.0566. The minimum atomic E-state index is -3.60. The second-order valence-electron chi connectivity index (χ2n) is 7.95. The number of benzene rings is 2. The van der Waals surface area contributed by atoms with Crippen LogP contribution in [0.5, 0.6) is 0 Å². The fourth-order valence-electron chi connectivity index (χ4n) is 3.67. The first kappa shape index (κ1) is 25.1. The van der Waals surface area contributed by atoms with Crippen LogP contribution in [0.1, 0.15) is 32.1 Å². The Bertz CT molecular complexity index is 1160. The van der Waals surface area contributed by atoms with Gasteiger partial charge < -0.3 is 5.32 Å². The van der Waals surface area contributed by atoms with Crippen molar-refractivity contribution in [1.82, 2.24) is 4.31 Å². The molecule has 11 heteroatoms. The smallest absolute Gasteiger partial charge is 0.243 e. The number of rotatable bonds is 9. The van der Waals surface area contributed by atoms with Crippen molar-refractivity contribution in [3.05, 3.63) is 54.3 Å². The van der Waals surface area contributed by atoms with E-state index >= 15 is 0 Å². The zero-order valence-corrected chi connectivity index (χ0v) is 20.0. The lowest BCUT2D eigenvalue weighted by Gasteiger charge is -2.25. The van der Waals surface area contributed by atoms with Crippen LogP contribution in [0.25, 0.3) is 0 Å². The van der Waals surface area contributed by atoms with Crippen molar-refractivity contribution in [1.29, 1.82) is 0 Å². The summed E-state index contributed by atoms with van der Waals surface area (Å²) in [6.45, 7) is 1.09. The molecule has 0 aliphatic carbocycles. The first-order valence-corrected chi connectivity index (χ1v) is 14.0. The van der Waals surface area contributed by atoms with E-state index in [1.807, 2.05) is 0 Å². The molecule has 0 bridgehead atoms. The molecule has 0 aromatic heterocycles. The van der Waals surface area contributed by atoms with Gasteiger partial charge in [0.1, 0.15) is 5.82 Å². The maximum atomic E-state index is 13.1. The third-order valence-electron chi connectivity index (χ3n) is 5.37. The van der Waals surface area contributed by atoms with Crippen molar-refractivity contribution >= 4 is 37.3 Å². The van der Waals surface area contributed by atoms with Gasteiger partial charge in [0.15, 0.2) is 0 Å². The predicted octanol–water partition coefficient (Wildman–Crippen LogP) is 3.19. The number of nitrogens with zero attached hydrogens (tertiary/aromatic N) is 2. The molecule has 1 aliphatic rings. The quantitative estimate of drug-likeness (QED) is 0.573. The van der Waals surface area contributed by atoms with Gasteiger partial charge >= 0.3 is 0 Å².